The van der Waals surface area contributed by atoms with Crippen LogP contribution >= 0.6 is 0 Å². The van der Waals surface area contributed by atoms with E-state index in [2.05, 4.69) is 20.1 Å². The van der Waals surface area contributed by atoms with E-state index in [1.807, 2.05) is 54.6 Å². The monoisotopic (exact) mass is 388 g/mol. The Morgan fingerprint density at radius 3 is 2.45 bits per heavy atom. The van der Waals surface area contributed by atoms with E-state index in [1.165, 1.54) is 0 Å². The molecule has 1 saturated heterocycles. The van der Waals surface area contributed by atoms with Crippen molar-refractivity contribution in [3.63, 3.8) is 0 Å². The molecule has 0 spiro atoms. The second-order valence-electron chi connectivity index (χ2n) is 7.29. The van der Waals surface area contributed by atoms with E-state index in [9.17, 15) is 9.59 Å². The predicted molar refractivity (Wildman–Crippen MR) is 115 cm³/mol. The number of benzene rings is 2. The highest BCUT2D eigenvalue weighted by molar-refractivity contribution is 6.01. The van der Waals surface area contributed by atoms with Gasteiger partial charge >= 0.3 is 0 Å². The smallest absolute Gasteiger partial charge is 0.238 e. The van der Waals surface area contributed by atoms with Crippen LogP contribution in [-0.2, 0) is 4.79 Å². The molecule has 29 heavy (non-hydrogen) atoms. The Balaban J connectivity index is 1.32. The number of nitrogens with zero attached hydrogens (tertiary/aromatic N) is 3. The first-order valence-corrected chi connectivity index (χ1v) is 9.82. The molecule has 148 valence electrons. The number of aromatic nitrogens is 1. The van der Waals surface area contributed by atoms with Gasteiger partial charge in [0.05, 0.1) is 17.7 Å². The number of amides is 1. The third-order valence-electron chi connectivity index (χ3n) is 5.30. The molecule has 6 nitrogen and oxygen atoms in total. The van der Waals surface area contributed by atoms with Crippen LogP contribution in [0.4, 0.5) is 11.4 Å². The number of ketones is 1. The van der Waals surface area contributed by atoms with Gasteiger partial charge in [0.15, 0.2) is 5.78 Å². The highest BCUT2D eigenvalue weighted by Crippen LogP contribution is 2.21. The number of piperazine rings is 1. The molecule has 3 aromatic rings. The molecule has 1 fully saturated rings. The second-order valence-corrected chi connectivity index (χ2v) is 7.29. The van der Waals surface area contributed by atoms with E-state index in [-0.39, 0.29) is 11.7 Å². The Morgan fingerprint density at radius 1 is 0.966 bits per heavy atom. The maximum atomic E-state index is 12.6. The van der Waals surface area contributed by atoms with Crippen molar-refractivity contribution in [3.05, 3.63) is 66.4 Å². The Labute approximate surface area is 170 Å². The minimum Gasteiger partial charge on any atom is -0.369 e. The van der Waals surface area contributed by atoms with Gasteiger partial charge in [-0.3, -0.25) is 19.5 Å². The summed E-state index contributed by atoms with van der Waals surface area (Å²) in [7, 11) is 0. The van der Waals surface area contributed by atoms with E-state index in [1.54, 1.807) is 13.1 Å². The molecule has 1 aliphatic rings. The topological polar surface area (TPSA) is 65.5 Å². The molecule has 0 bridgehead atoms. The van der Waals surface area contributed by atoms with Crippen molar-refractivity contribution in [2.45, 2.75) is 6.92 Å². The number of Topliss-reactive ketones (excluding diaryl/α,β-unsaturated/α-hetero) is 1. The molecule has 0 aliphatic carbocycles. The number of carbonyl (C=O) groups excluding carboxylic acids is 2. The van der Waals surface area contributed by atoms with Gasteiger partial charge in [-0.15, -0.1) is 0 Å². The van der Waals surface area contributed by atoms with Gasteiger partial charge in [0.1, 0.15) is 0 Å². The zero-order valence-corrected chi connectivity index (χ0v) is 16.5. The van der Waals surface area contributed by atoms with Gasteiger partial charge < -0.3 is 10.2 Å². The van der Waals surface area contributed by atoms with Crippen LogP contribution in [0, 0.1) is 0 Å². The summed E-state index contributed by atoms with van der Waals surface area (Å²) in [6, 6.07) is 17.3. The van der Waals surface area contributed by atoms with Crippen molar-refractivity contribution in [3.8, 4) is 0 Å². The lowest BCUT2D eigenvalue weighted by molar-refractivity contribution is -0.117. The van der Waals surface area contributed by atoms with Crippen LogP contribution in [0.15, 0.2) is 60.8 Å². The van der Waals surface area contributed by atoms with Gasteiger partial charge in [0.2, 0.25) is 5.91 Å². The van der Waals surface area contributed by atoms with Crippen LogP contribution in [0.5, 0.6) is 0 Å². The van der Waals surface area contributed by atoms with Crippen LogP contribution in [-0.4, -0.2) is 54.3 Å². The lowest BCUT2D eigenvalue weighted by Crippen LogP contribution is -2.48. The zero-order chi connectivity index (χ0) is 20.2. The summed E-state index contributed by atoms with van der Waals surface area (Å²) < 4.78 is 0. The highest BCUT2D eigenvalue weighted by atomic mass is 16.2. The molecule has 4 rings (SSSR count). The van der Waals surface area contributed by atoms with E-state index in [0.717, 1.165) is 54.0 Å². The first-order chi connectivity index (χ1) is 14.1. The molecule has 1 aliphatic heterocycles. The number of rotatable bonds is 5. The van der Waals surface area contributed by atoms with Gasteiger partial charge in [-0.25, -0.2) is 0 Å². The van der Waals surface area contributed by atoms with Crippen molar-refractivity contribution < 1.29 is 9.59 Å². The summed E-state index contributed by atoms with van der Waals surface area (Å²) in [6.07, 6.45) is 1.75. The average molecular weight is 388 g/mol. The van der Waals surface area contributed by atoms with E-state index in [0.29, 0.717) is 6.54 Å². The normalized spacial score (nSPS) is 14.7. The number of nitrogens with one attached hydrogen (secondary N) is 1. The summed E-state index contributed by atoms with van der Waals surface area (Å²) in [5.41, 5.74) is 3.51. The Bertz CT molecular complexity index is 1020. The van der Waals surface area contributed by atoms with Crippen molar-refractivity contribution in [1.29, 1.82) is 0 Å². The molecule has 6 heteroatoms. The standard InChI is InChI=1S/C23H24N4O2/c1-17(28)18-7-9-19(10-8-18)27-14-12-26(13-15-27)16-23(29)25-22-6-2-5-21-20(22)4-3-11-24-21/h2-11H,12-16H2,1H3,(H,25,29). The summed E-state index contributed by atoms with van der Waals surface area (Å²) >= 11 is 0. The summed E-state index contributed by atoms with van der Waals surface area (Å²) in [6.45, 7) is 5.29. The summed E-state index contributed by atoms with van der Waals surface area (Å²) in [4.78, 5) is 32.8. The fraction of sp³-hybridized carbons (Fsp3) is 0.261. The summed E-state index contributed by atoms with van der Waals surface area (Å²) in [5.74, 6) is 0.0648. The Kier molecular flexibility index (Phi) is 5.53. The van der Waals surface area contributed by atoms with E-state index >= 15 is 0 Å². The number of carbonyl (C=O) groups is 2. The maximum absolute atomic E-state index is 12.6. The maximum Gasteiger partial charge on any atom is 0.238 e. The number of fused-ring (bicyclic) bond motifs is 1. The SMILES string of the molecule is CC(=O)c1ccc(N2CCN(CC(=O)Nc3cccc4ncccc34)CC2)cc1. The van der Waals surface area contributed by atoms with Crippen LogP contribution in [0.2, 0.25) is 0 Å². The largest absolute Gasteiger partial charge is 0.369 e. The van der Waals surface area contributed by atoms with E-state index < -0.39 is 0 Å². The minimum absolute atomic E-state index is 0.0133. The Hall–Kier alpha value is -3.25. The zero-order valence-electron chi connectivity index (χ0n) is 16.5. The van der Waals surface area contributed by atoms with Crippen LogP contribution in [0.25, 0.3) is 10.9 Å². The number of hydrogen-bond donors (Lipinski definition) is 1. The van der Waals surface area contributed by atoms with Crippen LogP contribution < -0.4 is 10.2 Å². The highest BCUT2D eigenvalue weighted by Gasteiger charge is 2.19. The van der Waals surface area contributed by atoms with Crippen molar-refractivity contribution in [2.75, 3.05) is 42.9 Å². The van der Waals surface area contributed by atoms with Gasteiger partial charge in [-0.1, -0.05) is 6.07 Å². The Morgan fingerprint density at radius 2 is 1.72 bits per heavy atom. The van der Waals surface area contributed by atoms with Crippen molar-refractivity contribution in [2.24, 2.45) is 0 Å². The van der Waals surface area contributed by atoms with Gasteiger partial charge in [-0.2, -0.15) is 0 Å². The molecule has 1 aromatic heterocycles. The van der Waals surface area contributed by atoms with Crippen molar-refractivity contribution >= 4 is 34.0 Å². The van der Waals surface area contributed by atoms with E-state index in [4.69, 9.17) is 0 Å². The van der Waals surface area contributed by atoms with Crippen molar-refractivity contribution in [1.82, 2.24) is 9.88 Å². The summed E-state index contributed by atoms with van der Waals surface area (Å²) in [5, 5.41) is 3.97. The number of hydrogen-bond acceptors (Lipinski definition) is 5. The molecule has 1 N–H and O–H groups in total. The first kappa shape index (κ1) is 19.1. The fourth-order valence-electron chi connectivity index (χ4n) is 3.68. The van der Waals surface area contributed by atoms with Gasteiger partial charge in [0.25, 0.3) is 0 Å². The molecule has 1 amide bonds. The minimum atomic E-state index is -0.0133. The third kappa shape index (κ3) is 4.43. The molecular weight excluding hydrogens is 364 g/mol. The molecule has 0 atom stereocenters. The lowest BCUT2D eigenvalue weighted by Gasteiger charge is -2.35. The van der Waals surface area contributed by atoms with Gasteiger partial charge in [-0.05, 0) is 55.5 Å². The van der Waals surface area contributed by atoms with Gasteiger partial charge in [0, 0.05) is 49.0 Å². The molecular formula is C23H24N4O2. The quantitative estimate of drug-likeness (QED) is 0.680. The molecule has 0 unspecified atom stereocenters. The second kappa shape index (κ2) is 8.41. The lowest BCUT2D eigenvalue weighted by atomic mass is 10.1. The third-order valence-corrected chi connectivity index (χ3v) is 5.30. The van der Waals surface area contributed by atoms with Crippen LogP contribution in [0.3, 0.4) is 0 Å². The molecule has 0 radical (unpaired) electrons. The first-order valence-electron chi connectivity index (χ1n) is 9.82. The number of anilines is 2. The number of pyridine rings is 1. The molecule has 2 aromatic carbocycles. The average Bonchev–Trinajstić information content (AvgIpc) is 2.74. The molecule has 2 heterocycles. The fourth-order valence-corrected chi connectivity index (χ4v) is 3.68. The molecule has 0 saturated carbocycles. The predicted octanol–water partition coefficient (Wildman–Crippen LogP) is 3.20. The van der Waals surface area contributed by atoms with Crippen LogP contribution in [0.1, 0.15) is 17.3 Å².